The van der Waals surface area contributed by atoms with Crippen LogP contribution in [0.5, 0.6) is 0 Å². The molecule has 0 N–H and O–H groups in total. The van der Waals surface area contributed by atoms with Crippen LogP contribution in [0.1, 0.15) is 58.3 Å². The molecule has 0 aromatic heterocycles. The normalized spacial score (nSPS) is 24.7. The van der Waals surface area contributed by atoms with Crippen LogP contribution in [-0.4, -0.2) is 12.6 Å². The minimum absolute atomic E-state index is 0.0918. The van der Waals surface area contributed by atoms with Gasteiger partial charge in [-0.05, 0) is 50.9 Å². The summed E-state index contributed by atoms with van der Waals surface area (Å²) in [4.78, 5) is 11.4. The Kier molecular flexibility index (Phi) is 8.28. The third-order valence-electron chi connectivity index (χ3n) is 3.25. The third kappa shape index (κ3) is 8.10. The van der Waals surface area contributed by atoms with Crippen molar-refractivity contribution in [2.45, 2.75) is 58.3 Å². The molecule has 0 saturated carbocycles. The molecule has 0 aromatic rings. The maximum atomic E-state index is 11.4. The summed E-state index contributed by atoms with van der Waals surface area (Å²) < 4.78 is 5.18. The molecule has 0 aromatic carbocycles. The van der Waals surface area contributed by atoms with Gasteiger partial charge in [-0.3, -0.25) is 4.79 Å². The molecule has 0 bridgehead atoms. The van der Waals surface area contributed by atoms with Crippen LogP contribution in [0.2, 0.25) is 0 Å². The van der Waals surface area contributed by atoms with Crippen molar-refractivity contribution in [1.82, 2.24) is 0 Å². The summed E-state index contributed by atoms with van der Waals surface area (Å²) in [6, 6.07) is 0. The second-order valence-electron chi connectivity index (χ2n) is 5.13. The average molecular weight is 250 g/mol. The van der Waals surface area contributed by atoms with Gasteiger partial charge in [0, 0.05) is 0 Å². The van der Waals surface area contributed by atoms with E-state index >= 15 is 0 Å². The number of allylic oxidation sites excluding steroid dienone is 3. The van der Waals surface area contributed by atoms with Crippen molar-refractivity contribution < 1.29 is 9.53 Å². The van der Waals surface area contributed by atoms with Crippen molar-refractivity contribution in [2.75, 3.05) is 6.61 Å². The van der Waals surface area contributed by atoms with E-state index < -0.39 is 0 Å². The first-order valence-electron chi connectivity index (χ1n) is 7.24. The van der Waals surface area contributed by atoms with E-state index in [1.165, 1.54) is 19.3 Å². The monoisotopic (exact) mass is 250 g/mol. The SMILES string of the molecule is CC1CC=CCCCCC=CCC(=O)OCCC1. The minimum Gasteiger partial charge on any atom is -0.465 e. The van der Waals surface area contributed by atoms with Gasteiger partial charge in [0.1, 0.15) is 0 Å². The highest BCUT2D eigenvalue weighted by molar-refractivity contribution is 5.71. The molecule has 102 valence electrons. The molecule has 1 aliphatic rings. The molecule has 0 fully saturated rings. The van der Waals surface area contributed by atoms with Crippen molar-refractivity contribution in [3.8, 4) is 0 Å². The molecule has 0 aliphatic carbocycles. The average Bonchev–Trinajstić information content (AvgIpc) is 2.35. The first kappa shape index (κ1) is 15.0. The van der Waals surface area contributed by atoms with E-state index in [0.717, 1.165) is 25.7 Å². The summed E-state index contributed by atoms with van der Waals surface area (Å²) in [5, 5.41) is 0. The zero-order valence-electron chi connectivity index (χ0n) is 11.6. The van der Waals surface area contributed by atoms with Gasteiger partial charge in [0.2, 0.25) is 0 Å². The number of hydrogen-bond acceptors (Lipinski definition) is 2. The van der Waals surface area contributed by atoms with E-state index in [2.05, 4.69) is 25.2 Å². The number of hydrogen-bond donors (Lipinski definition) is 0. The van der Waals surface area contributed by atoms with Crippen LogP contribution < -0.4 is 0 Å². The molecule has 18 heavy (non-hydrogen) atoms. The highest BCUT2D eigenvalue weighted by atomic mass is 16.5. The van der Waals surface area contributed by atoms with Crippen LogP contribution in [0.25, 0.3) is 0 Å². The number of ether oxygens (including phenoxy) is 1. The Hall–Kier alpha value is -1.05. The van der Waals surface area contributed by atoms with Gasteiger partial charge in [0.15, 0.2) is 0 Å². The molecule has 1 unspecified atom stereocenters. The zero-order valence-corrected chi connectivity index (χ0v) is 11.6. The first-order valence-corrected chi connectivity index (χ1v) is 7.24. The Labute approximate surface area is 111 Å². The fraction of sp³-hybridized carbons (Fsp3) is 0.688. The fourth-order valence-electron chi connectivity index (χ4n) is 2.06. The lowest BCUT2D eigenvalue weighted by atomic mass is 10.0. The lowest BCUT2D eigenvalue weighted by Crippen LogP contribution is -2.05. The minimum atomic E-state index is -0.0918. The molecule has 0 radical (unpaired) electrons. The predicted octanol–water partition coefficient (Wildman–Crippen LogP) is 4.41. The van der Waals surface area contributed by atoms with E-state index in [0.29, 0.717) is 18.9 Å². The van der Waals surface area contributed by atoms with Crippen LogP contribution in [0.15, 0.2) is 24.3 Å². The van der Waals surface area contributed by atoms with Crippen molar-refractivity contribution >= 4 is 5.97 Å². The van der Waals surface area contributed by atoms with Gasteiger partial charge < -0.3 is 4.74 Å². The topological polar surface area (TPSA) is 26.3 Å². The van der Waals surface area contributed by atoms with Gasteiger partial charge in [0.05, 0.1) is 13.0 Å². The molecule has 1 heterocycles. The maximum absolute atomic E-state index is 11.4. The number of cyclic esters (lactones) is 1. The largest absolute Gasteiger partial charge is 0.465 e. The van der Waals surface area contributed by atoms with Crippen LogP contribution in [0, 0.1) is 5.92 Å². The van der Waals surface area contributed by atoms with Gasteiger partial charge in [-0.1, -0.05) is 31.2 Å². The smallest absolute Gasteiger partial charge is 0.309 e. The molecular formula is C16H26O2. The molecule has 1 aliphatic heterocycles. The van der Waals surface area contributed by atoms with E-state index in [1.54, 1.807) is 0 Å². The molecule has 0 amide bonds. The Morgan fingerprint density at radius 1 is 1.06 bits per heavy atom. The number of carbonyl (C=O) groups is 1. The molecule has 0 spiro atoms. The summed E-state index contributed by atoms with van der Waals surface area (Å²) >= 11 is 0. The predicted molar refractivity (Wildman–Crippen MR) is 75.3 cm³/mol. The second-order valence-corrected chi connectivity index (χ2v) is 5.13. The molecule has 1 atom stereocenters. The van der Waals surface area contributed by atoms with Crippen LogP contribution in [0.4, 0.5) is 0 Å². The molecule has 1 rings (SSSR count). The van der Waals surface area contributed by atoms with E-state index in [-0.39, 0.29) is 5.97 Å². The highest BCUT2D eigenvalue weighted by Crippen LogP contribution is 2.12. The Bertz CT molecular complexity index is 279. The van der Waals surface area contributed by atoms with Gasteiger partial charge in [0.25, 0.3) is 0 Å². The summed E-state index contributed by atoms with van der Waals surface area (Å²) in [6.45, 7) is 2.83. The van der Waals surface area contributed by atoms with Gasteiger partial charge in [-0.15, -0.1) is 0 Å². The van der Waals surface area contributed by atoms with E-state index in [4.69, 9.17) is 4.74 Å². The molecule has 2 nitrogen and oxygen atoms in total. The lowest BCUT2D eigenvalue weighted by molar-refractivity contribution is -0.142. The Morgan fingerprint density at radius 3 is 2.56 bits per heavy atom. The fourth-order valence-corrected chi connectivity index (χ4v) is 2.06. The second kappa shape index (κ2) is 9.93. The van der Waals surface area contributed by atoms with E-state index in [1.807, 2.05) is 6.08 Å². The molecule has 0 saturated heterocycles. The third-order valence-corrected chi connectivity index (χ3v) is 3.25. The van der Waals surface area contributed by atoms with E-state index in [9.17, 15) is 4.79 Å². The maximum Gasteiger partial charge on any atom is 0.309 e. The van der Waals surface area contributed by atoms with Crippen molar-refractivity contribution in [1.29, 1.82) is 0 Å². The van der Waals surface area contributed by atoms with Gasteiger partial charge >= 0.3 is 5.97 Å². The highest BCUT2D eigenvalue weighted by Gasteiger charge is 2.03. The van der Waals surface area contributed by atoms with Gasteiger partial charge in [-0.25, -0.2) is 0 Å². The summed E-state index contributed by atoms with van der Waals surface area (Å²) in [7, 11) is 0. The number of carbonyl (C=O) groups excluding carboxylic acids is 1. The summed E-state index contributed by atoms with van der Waals surface area (Å²) in [6.07, 6.45) is 17.0. The summed E-state index contributed by atoms with van der Waals surface area (Å²) in [5.41, 5.74) is 0. The Balaban J connectivity index is 2.33. The zero-order chi connectivity index (χ0) is 13.1. The van der Waals surface area contributed by atoms with Crippen molar-refractivity contribution in [3.63, 3.8) is 0 Å². The number of esters is 1. The molecule has 2 heteroatoms. The number of rotatable bonds is 0. The van der Waals surface area contributed by atoms with Crippen LogP contribution in [0.3, 0.4) is 0 Å². The van der Waals surface area contributed by atoms with Crippen LogP contribution >= 0.6 is 0 Å². The first-order chi connectivity index (χ1) is 8.79. The molecular weight excluding hydrogens is 224 g/mol. The lowest BCUT2D eigenvalue weighted by Gasteiger charge is -2.09. The van der Waals surface area contributed by atoms with Gasteiger partial charge in [-0.2, -0.15) is 0 Å². The summed E-state index contributed by atoms with van der Waals surface area (Å²) in [5.74, 6) is 0.596. The van der Waals surface area contributed by atoms with Crippen molar-refractivity contribution in [2.24, 2.45) is 5.92 Å². The standard InChI is InChI=1S/C16H26O2/c1-15-11-8-6-4-2-3-5-7-9-13-16(17)18-14-10-12-15/h6-9,15H,2-5,10-14H2,1H3. The Morgan fingerprint density at radius 2 is 1.78 bits per heavy atom. The quantitative estimate of drug-likeness (QED) is 0.470. The van der Waals surface area contributed by atoms with Crippen molar-refractivity contribution in [3.05, 3.63) is 24.3 Å². The van der Waals surface area contributed by atoms with Crippen LogP contribution in [-0.2, 0) is 9.53 Å².